The van der Waals surface area contributed by atoms with Gasteiger partial charge in [-0.3, -0.25) is 5.10 Å². The Morgan fingerprint density at radius 1 is 1.16 bits per heavy atom. The number of aromatic amines is 1. The zero-order chi connectivity index (χ0) is 26.2. The van der Waals surface area contributed by atoms with Crippen LogP contribution in [0.15, 0.2) is 18.6 Å². The van der Waals surface area contributed by atoms with Crippen LogP contribution in [0.2, 0.25) is 0 Å². The van der Waals surface area contributed by atoms with E-state index >= 15 is 0 Å². The van der Waals surface area contributed by atoms with Crippen LogP contribution in [0.25, 0.3) is 27.6 Å². The van der Waals surface area contributed by atoms with Gasteiger partial charge in [0.05, 0.1) is 18.5 Å². The van der Waals surface area contributed by atoms with E-state index in [0.717, 1.165) is 85.2 Å². The molecule has 0 spiro atoms. The van der Waals surface area contributed by atoms with Crippen molar-refractivity contribution in [2.45, 2.75) is 64.5 Å². The lowest BCUT2D eigenvalue weighted by molar-refractivity contribution is 0.0738. The molecule has 0 amide bonds. The first kappa shape index (κ1) is 25.3. The van der Waals surface area contributed by atoms with Crippen molar-refractivity contribution >= 4 is 22.0 Å². The van der Waals surface area contributed by atoms with Gasteiger partial charge < -0.3 is 19.7 Å². The lowest BCUT2D eigenvalue weighted by Gasteiger charge is -2.36. The van der Waals surface area contributed by atoms with Crippen LogP contribution in [0.1, 0.15) is 56.7 Å². The molecule has 0 unspecified atom stereocenters. The molecule has 6 heterocycles. The van der Waals surface area contributed by atoms with Crippen molar-refractivity contribution in [3.05, 3.63) is 29.8 Å². The fraction of sp³-hybridized carbons (Fsp3) is 0.556. The largest absolute Gasteiger partial charge is 0.493 e. The summed E-state index contributed by atoms with van der Waals surface area (Å²) in [4.78, 5) is 11.8. The van der Waals surface area contributed by atoms with Gasteiger partial charge in [0.1, 0.15) is 22.0 Å². The molecule has 2 fully saturated rings. The molecule has 11 heteroatoms. The molecule has 4 aromatic heterocycles. The SMILES string of the molecule is COc1cc(-c2[nH]nc(-c3nc(C)c(N4CCC(NC5CCOCC5)CC4)s3)c2C(C)C)cn2ncnc12. The van der Waals surface area contributed by atoms with Crippen LogP contribution in [0.5, 0.6) is 5.75 Å². The minimum atomic E-state index is 0.246. The van der Waals surface area contributed by atoms with Gasteiger partial charge in [-0.2, -0.15) is 10.2 Å². The van der Waals surface area contributed by atoms with Gasteiger partial charge in [0.25, 0.3) is 0 Å². The van der Waals surface area contributed by atoms with Gasteiger partial charge in [-0.25, -0.2) is 14.5 Å². The van der Waals surface area contributed by atoms with Crippen LogP contribution in [0.4, 0.5) is 5.00 Å². The number of fused-ring (bicyclic) bond motifs is 1. The van der Waals surface area contributed by atoms with E-state index in [0.29, 0.717) is 23.5 Å². The smallest absolute Gasteiger partial charge is 0.197 e. The molecule has 6 rings (SSSR count). The monoisotopic (exact) mass is 536 g/mol. The number of nitrogens with one attached hydrogen (secondary N) is 2. The van der Waals surface area contributed by atoms with E-state index in [1.807, 2.05) is 12.3 Å². The molecular formula is C27H36N8O2S. The van der Waals surface area contributed by atoms with Gasteiger partial charge in [0.2, 0.25) is 0 Å². The number of anilines is 1. The minimum Gasteiger partial charge on any atom is -0.493 e. The first-order valence-electron chi connectivity index (χ1n) is 13.5. The Morgan fingerprint density at radius 3 is 2.66 bits per heavy atom. The summed E-state index contributed by atoms with van der Waals surface area (Å²) in [6.45, 7) is 10.4. The molecule has 2 saturated heterocycles. The summed E-state index contributed by atoms with van der Waals surface area (Å²) in [6.07, 6.45) is 8.06. The molecule has 0 atom stereocenters. The van der Waals surface area contributed by atoms with Crippen LogP contribution >= 0.6 is 11.3 Å². The van der Waals surface area contributed by atoms with Crippen LogP contribution < -0.4 is 15.0 Å². The summed E-state index contributed by atoms with van der Waals surface area (Å²) in [5.74, 6) is 0.920. The second-order valence-corrected chi connectivity index (χ2v) is 11.5. The summed E-state index contributed by atoms with van der Waals surface area (Å²) in [5, 5.41) is 18.5. The second kappa shape index (κ2) is 10.6. The number of ether oxygens (including phenoxy) is 2. The maximum Gasteiger partial charge on any atom is 0.197 e. The molecular weight excluding hydrogens is 500 g/mol. The Morgan fingerprint density at radius 2 is 1.92 bits per heavy atom. The van der Waals surface area contributed by atoms with Crippen molar-refractivity contribution in [2.75, 3.05) is 38.3 Å². The van der Waals surface area contributed by atoms with Crippen molar-refractivity contribution in [1.29, 1.82) is 0 Å². The molecule has 0 aliphatic carbocycles. The molecule has 10 nitrogen and oxygen atoms in total. The number of thiazole rings is 1. The normalized spacial score (nSPS) is 17.7. The van der Waals surface area contributed by atoms with E-state index in [2.05, 4.69) is 46.2 Å². The summed E-state index contributed by atoms with van der Waals surface area (Å²) in [5.41, 5.74) is 5.74. The summed E-state index contributed by atoms with van der Waals surface area (Å²) < 4.78 is 12.8. The van der Waals surface area contributed by atoms with Crippen molar-refractivity contribution in [2.24, 2.45) is 0 Å². The maximum atomic E-state index is 5.59. The third-order valence-electron chi connectivity index (χ3n) is 7.68. The average molecular weight is 537 g/mol. The Bertz CT molecular complexity index is 1400. The summed E-state index contributed by atoms with van der Waals surface area (Å²) in [6, 6.07) is 3.18. The molecule has 0 aromatic carbocycles. The van der Waals surface area contributed by atoms with Crippen molar-refractivity contribution < 1.29 is 9.47 Å². The Labute approximate surface area is 226 Å². The first-order chi connectivity index (χ1) is 18.5. The number of methoxy groups -OCH3 is 1. The fourth-order valence-corrected chi connectivity index (χ4v) is 6.83. The van der Waals surface area contributed by atoms with Gasteiger partial charge >= 0.3 is 0 Å². The molecule has 2 aliphatic heterocycles. The van der Waals surface area contributed by atoms with Gasteiger partial charge in [-0.1, -0.05) is 25.2 Å². The molecule has 4 aromatic rings. The number of piperidine rings is 1. The van der Waals surface area contributed by atoms with Crippen LogP contribution in [0, 0.1) is 6.92 Å². The maximum absolute atomic E-state index is 5.59. The fourth-order valence-electron chi connectivity index (χ4n) is 5.71. The van der Waals surface area contributed by atoms with E-state index in [1.54, 1.807) is 23.0 Å². The lowest BCUT2D eigenvalue weighted by atomic mass is 9.97. The highest BCUT2D eigenvalue weighted by Gasteiger charge is 2.27. The van der Waals surface area contributed by atoms with Crippen molar-refractivity contribution in [3.8, 4) is 27.7 Å². The van der Waals surface area contributed by atoms with Crippen molar-refractivity contribution in [3.63, 3.8) is 0 Å². The van der Waals surface area contributed by atoms with Gasteiger partial charge in [0.15, 0.2) is 11.4 Å². The molecule has 2 aliphatic rings. The molecule has 2 N–H and O–H groups in total. The van der Waals surface area contributed by atoms with Gasteiger partial charge in [-0.15, -0.1) is 0 Å². The number of nitrogens with zero attached hydrogens (tertiary/aromatic N) is 6. The number of pyridine rings is 1. The predicted octanol–water partition coefficient (Wildman–Crippen LogP) is 4.42. The summed E-state index contributed by atoms with van der Waals surface area (Å²) in [7, 11) is 1.65. The highest BCUT2D eigenvalue weighted by molar-refractivity contribution is 7.19. The van der Waals surface area contributed by atoms with E-state index in [4.69, 9.17) is 19.6 Å². The lowest BCUT2D eigenvalue weighted by Crippen LogP contribution is -2.47. The van der Waals surface area contributed by atoms with E-state index in [9.17, 15) is 0 Å². The molecule has 38 heavy (non-hydrogen) atoms. The quantitative estimate of drug-likeness (QED) is 0.358. The zero-order valence-electron chi connectivity index (χ0n) is 22.5. The number of aromatic nitrogens is 6. The van der Waals surface area contributed by atoms with E-state index in [1.165, 1.54) is 11.3 Å². The topological polar surface area (TPSA) is 105 Å². The third kappa shape index (κ3) is 4.78. The van der Waals surface area contributed by atoms with Crippen LogP contribution in [-0.4, -0.2) is 75.3 Å². The Hall–Kier alpha value is -3.02. The highest BCUT2D eigenvalue weighted by atomic mass is 32.1. The average Bonchev–Trinajstić information content (AvgIpc) is 3.67. The van der Waals surface area contributed by atoms with Crippen molar-refractivity contribution in [1.82, 2.24) is 35.1 Å². The molecule has 0 bridgehead atoms. The summed E-state index contributed by atoms with van der Waals surface area (Å²) >= 11 is 1.75. The Balaban J connectivity index is 1.24. The number of hydrogen-bond acceptors (Lipinski definition) is 9. The van der Waals surface area contributed by atoms with Gasteiger partial charge in [0, 0.05) is 55.7 Å². The third-order valence-corrected chi connectivity index (χ3v) is 8.91. The number of rotatable bonds is 7. The van der Waals surface area contributed by atoms with E-state index in [-0.39, 0.29) is 5.92 Å². The standard InChI is InChI=1S/C27H36N8O2S/c1-16(2)22-23(18-13-21(36-4)25-28-15-29-35(25)14-18)32-33-24(22)26-30-17(3)27(38-26)34-9-5-19(6-10-34)31-20-7-11-37-12-8-20/h13-16,19-20,31H,5-12H2,1-4H3,(H,32,33). The highest BCUT2D eigenvalue weighted by Crippen LogP contribution is 2.41. The van der Waals surface area contributed by atoms with E-state index < -0.39 is 0 Å². The number of aryl methyl sites for hydroxylation is 1. The molecule has 0 radical (unpaired) electrons. The predicted molar refractivity (Wildman–Crippen MR) is 149 cm³/mol. The molecule has 202 valence electrons. The number of H-pyrrole nitrogens is 1. The Kier molecular flexibility index (Phi) is 7.07. The minimum absolute atomic E-state index is 0.246. The van der Waals surface area contributed by atoms with Crippen LogP contribution in [0.3, 0.4) is 0 Å². The first-order valence-corrected chi connectivity index (χ1v) is 14.4. The number of hydrogen-bond donors (Lipinski definition) is 2. The second-order valence-electron chi connectivity index (χ2n) is 10.6. The molecule has 0 saturated carbocycles. The van der Waals surface area contributed by atoms with Gasteiger partial charge in [-0.05, 0) is 44.6 Å². The zero-order valence-corrected chi connectivity index (χ0v) is 23.3. The van der Waals surface area contributed by atoms with Crippen LogP contribution in [-0.2, 0) is 4.74 Å².